The molecule has 0 radical (unpaired) electrons. The summed E-state index contributed by atoms with van der Waals surface area (Å²) < 4.78 is 0. The van der Waals surface area contributed by atoms with Crippen molar-refractivity contribution >= 4 is 5.82 Å². The predicted molar refractivity (Wildman–Crippen MR) is 70.1 cm³/mol. The SMILES string of the molecule is NCC1(Cc2cccnc2N2CCCC2)CC1. The van der Waals surface area contributed by atoms with Crippen molar-refractivity contribution in [1.29, 1.82) is 0 Å². The largest absolute Gasteiger partial charge is 0.356 e. The second-order valence-corrected chi connectivity index (χ2v) is 5.56. The van der Waals surface area contributed by atoms with Gasteiger partial charge >= 0.3 is 0 Å². The van der Waals surface area contributed by atoms with Gasteiger partial charge in [-0.1, -0.05) is 6.07 Å². The lowest BCUT2D eigenvalue weighted by Gasteiger charge is -2.22. The standard InChI is InChI=1S/C14H21N3/c15-11-14(5-6-14)10-12-4-3-7-16-13(12)17-8-1-2-9-17/h3-4,7H,1-2,5-6,8-11,15H2. The fourth-order valence-corrected chi connectivity index (χ4v) is 2.82. The lowest BCUT2D eigenvalue weighted by atomic mass is 9.97. The summed E-state index contributed by atoms with van der Waals surface area (Å²) in [6.45, 7) is 3.15. The van der Waals surface area contributed by atoms with Crippen molar-refractivity contribution in [1.82, 2.24) is 4.98 Å². The number of rotatable bonds is 4. The van der Waals surface area contributed by atoms with Gasteiger partial charge in [-0.15, -0.1) is 0 Å². The quantitative estimate of drug-likeness (QED) is 0.861. The second-order valence-electron chi connectivity index (χ2n) is 5.56. The maximum Gasteiger partial charge on any atom is 0.131 e. The minimum Gasteiger partial charge on any atom is -0.356 e. The first-order valence-electron chi connectivity index (χ1n) is 6.72. The molecule has 1 aromatic heterocycles. The van der Waals surface area contributed by atoms with E-state index < -0.39 is 0 Å². The van der Waals surface area contributed by atoms with Crippen LogP contribution in [0.2, 0.25) is 0 Å². The molecular weight excluding hydrogens is 210 g/mol. The Hall–Kier alpha value is -1.09. The fourth-order valence-electron chi connectivity index (χ4n) is 2.82. The minimum absolute atomic E-state index is 0.400. The zero-order valence-corrected chi connectivity index (χ0v) is 10.4. The van der Waals surface area contributed by atoms with E-state index in [4.69, 9.17) is 5.73 Å². The third-order valence-electron chi connectivity index (χ3n) is 4.23. The summed E-state index contributed by atoms with van der Waals surface area (Å²) >= 11 is 0. The molecule has 3 rings (SSSR count). The number of aromatic nitrogens is 1. The first-order valence-corrected chi connectivity index (χ1v) is 6.72. The topological polar surface area (TPSA) is 42.1 Å². The first-order chi connectivity index (χ1) is 8.33. The molecule has 1 aliphatic heterocycles. The summed E-state index contributed by atoms with van der Waals surface area (Å²) in [4.78, 5) is 7.02. The Bertz CT molecular complexity index is 392. The fraction of sp³-hybridized carbons (Fsp3) is 0.643. The molecule has 2 N–H and O–H groups in total. The third kappa shape index (κ3) is 2.16. The third-order valence-corrected chi connectivity index (χ3v) is 4.23. The van der Waals surface area contributed by atoms with Gasteiger partial charge < -0.3 is 10.6 Å². The van der Waals surface area contributed by atoms with Crippen LogP contribution in [0.3, 0.4) is 0 Å². The minimum atomic E-state index is 0.400. The Morgan fingerprint density at radius 1 is 1.29 bits per heavy atom. The van der Waals surface area contributed by atoms with E-state index in [0.717, 1.165) is 13.0 Å². The molecule has 1 aliphatic carbocycles. The van der Waals surface area contributed by atoms with Crippen molar-refractivity contribution in [3.05, 3.63) is 23.9 Å². The monoisotopic (exact) mass is 231 g/mol. The molecule has 0 bridgehead atoms. The molecule has 0 unspecified atom stereocenters. The van der Waals surface area contributed by atoms with Gasteiger partial charge in [0, 0.05) is 19.3 Å². The molecule has 3 nitrogen and oxygen atoms in total. The predicted octanol–water partition coefficient (Wildman–Crippen LogP) is 1.96. The van der Waals surface area contributed by atoms with E-state index in [1.807, 2.05) is 6.20 Å². The number of pyridine rings is 1. The van der Waals surface area contributed by atoms with Gasteiger partial charge in [-0.05, 0) is 55.7 Å². The van der Waals surface area contributed by atoms with E-state index in [1.165, 1.54) is 50.2 Å². The summed E-state index contributed by atoms with van der Waals surface area (Å²) in [6.07, 6.45) is 8.22. The number of hydrogen-bond acceptors (Lipinski definition) is 3. The van der Waals surface area contributed by atoms with E-state index in [0.29, 0.717) is 5.41 Å². The smallest absolute Gasteiger partial charge is 0.131 e. The normalized spacial score (nSPS) is 21.8. The van der Waals surface area contributed by atoms with Crippen LogP contribution in [-0.2, 0) is 6.42 Å². The molecule has 2 aliphatic rings. The summed E-state index contributed by atoms with van der Waals surface area (Å²) in [5.74, 6) is 1.21. The van der Waals surface area contributed by atoms with Crippen LogP contribution in [0.5, 0.6) is 0 Å². The molecule has 0 amide bonds. The number of nitrogens with zero attached hydrogens (tertiary/aromatic N) is 2. The molecule has 2 fully saturated rings. The zero-order valence-electron chi connectivity index (χ0n) is 10.4. The molecule has 3 heteroatoms. The number of hydrogen-bond donors (Lipinski definition) is 1. The highest BCUT2D eigenvalue weighted by Gasteiger charge is 2.41. The van der Waals surface area contributed by atoms with Crippen LogP contribution in [0.15, 0.2) is 18.3 Å². The van der Waals surface area contributed by atoms with Crippen molar-refractivity contribution in [2.45, 2.75) is 32.1 Å². The highest BCUT2D eigenvalue weighted by atomic mass is 15.2. The lowest BCUT2D eigenvalue weighted by Crippen LogP contribution is -2.23. The van der Waals surface area contributed by atoms with Gasteiger partial charge in [0.1, 0.15) is 5.82 Å². The molecule has 2 heterocycles. The summed E-state index contributed by atoms with van der Waals surface area (Å²) in [6, 6.07) is 4.29. The molecule has 1 saturated carbocycles. The molecule has 1 saturated heterocycles. The van der Waals surface area contributed by atoms with Gasteiger partial charge in [0.25, 0.3) is 0 Å². The molecule has 1 aromatic rings. The zero-order chi connectivity index (χ0) is 11.7. The van der Waals surface area contributed by atoms with Crippen LogP contribution >= 0.6 is 0 Å². The van der Waals surface area contributed by atoms with Gasteiger partial charge in [-0.2, -0.15) is 0 Å². The summed E-state index contributed by atoms with van der Waals surface area (Å²) in [5.41, 5.74) is 7.69. The maximum atomic E-state index is 5.89. The van der Waals surface area contributed by atoms with E-state index in [2.05, 4.69) is 22.0 Å². The summed E-state index contributed by atoms with van der Waals surface area (Å²) in [7, 11) is 0. The van der Waals surface area contributed by atoms with E-state index in [9.17, 15) is 0 Å². The van der Waals surface area contributed by atoms with E-state index in [-0.39, 0.29) is 0 Å². The van der Waals surface area contributed by atoms with Gasteiger partial charge in [0.05, 0.1) is 0 Å². The maximum absolute atomic E-state index is 5.89. The average molecular weight is 231 g/mol. The van der Waals surface area contributed by atoms with Gasteiger partial charge in [-0.3, -0.25) is 0 Å². The summed E-state index contributed by atoms with van der Waals surface area (Å²) in [5, 5.41) is 0. The highest BCUT2D eigenvalue weighted by Crippen LogP contribution is 2.48. The van der Waals surface area contributed by atoms with Gasteiger partial charge in [0.2, 0.25) is 0 Å². The second kappa shape index (κ2) is 4.30. The van der Waals surface area contributed by atoms with E-state index >= 15 is 0 Å². The van der Waals surface area contributed by atoms with Crippen molar-refractivity contribution in [2.75, 3.05) is 24.5 Å². The molecule has 0 spiro atoms. The van der Waals surface area contributed by atoms with Crippen molar-refractivity contribution in [3.8, 4) is 0 Å². The van der Waals surface area contributed by atoms with Crippen LogP contribution in [0.1, 0.15) is 31.2 Å². The first kappa shape index (κ1) is 11.0. The van der Waals surface area contributed by atoms with Crippen molar-refractivity contribution < 1.29 is 0 Å². The molecule has 17 heavy (non-hydrogen) atoms. The van der Waals surface area contributed by atoms with Crippen LogP contribution in [0.4, 0.5) is 5.82 Å². The number of anilines is 1. The Morgan fingerprint density at radius 3 is 2.71 bits per heavy atom. The van der Waals surface area contributed by atoms with Crippen LogP contribution in [0.25, 0.3) is 0 Å². The van der Waals surface area contributed by atoms with E-state index in [1.54, 1.807) is 0 Å². The number of nitrogens with two attached hydrogens (primary N) is 1. The Morgan fingerprint density at radius 2 is 2.06 bits per heavy atom. The van der Waals surface area contributed by atoms with Crippen LogP contribution in [0, 0.1) is 5.41 Å². The highest BCUT2D eigenvalue weighted by molar-refractivity contribution is 5.48. The molecule has 92 valence electrons. The van der Waals surface area contributed by atoms with Crippen molar-refractivity contribution in [3.63, 3.8) is 0 Å². The van der Waals surface area contributed by atoms with Gasteiger partial charge in [-0.25, -0.2) is 4.98 Å². The van der Waals surface area contributed by atoms with Crippen LogP contribution in [-0.4, -0.2) is 24.6 Å². The Kier molecular flexibility index (Phi) is 2.79. The van der Waals surface area contributed by atoms with Crippen LogP contribution < -0.4 is 10.6 Å². The molecule has 0 aromatic carbocycles. The molecular formula is C14H21N3. The molecule has 0 atom stereocenters. The Balaban J connectivity index is 1.83. The Labute approximate surface area is 103 Å². The van der Waals surface area contributed by atoms with Crippen molar-refractivity contribution in [2.24, 2.45) is 11.1 Å². The van der Waals surface area contributed by atoms with Gasteiger partial charge in [0.15, 0.2) is 0 Å². The average Bonchev–Trinajstić information content (AvgIpc) is 2.92. The lowest BCUT2D eigenvalue weighted by molar-refractivity contribution is 0.520.